The lowest BCUT2D eigenvalue weighted by Crippen LogP contribution is -2.27. The number of aryl methyl sites for hydroxylation is 1. The first-order chi connectivity index (χ1) is 14.6. The van der Waals surface area contributed by atoms with Crippen molar-refractivity contribution in [2.75, 3.05) is 11.1 Å². The van der Waals surface area contributed by atoms with Crippen LogP contribution in [0, 0.1) is 0 Å². The molecule has 154 valence electrons. The molecule has 0 saturated heterocycles. The number of carbonyl (C=O) groups excluding carboxylic acids is 2. The van der Waals surface area contributed by atoms with Crippen molar-refractivity contribution in [3.05, 3.63) is 59.7 Å². The Bertz CT molecular complexity index is 1040. The Kier molecular flexibility index (Phi) is 6.13. The number of anilines is 1. The van der Waals surface area contributed by atoms with Crippen LogP contribution in [0.3, 0.4) is 0 Å². The van der Waals surface area contributed by atoms with Crippen LogP contribution in [0.5, 0.6) is 0 Å². The number of aromatic amines is 1. The molecule has 2 amide bonds. The van der Waals surface area contributed by atoms with Crippen molar-refractivity contribution in [1.82, 2.24) is 20.5 Å². The first-order valence-corrected chi connectivity index (χ1v) is 10.9. The van der Waals surface area contributed by atoms with E-state index >= 15 is 0 Å². The molecule has 0 aliphatic heterocycles. The van der Waals surface area contributed by atoms with E-state index in [0.717, 1.165) is 24.8 Å². The van der Waals surface area contributed by atoms with E-state index in [-0.39, 0.29) is 23.6 Å². The average molecular weight is 422 g/mol. The lowest BCUT2D eigenvalue weighted by molar-refractivity contribution is -0.113. The third kappa shape index (κ3) is 5.07. The van der Waals surface area contributed by atoms with E-state index in [1.807, 2.05) is 12.1 Å². The van der Waals surface area contributed by atoms with Crippen molar-refractivity contribution in [2.45, 2.75) is 37.4 Å². The molecule has 0 spiro atoms. The van der Waals surface area contributed by atoms with Crippen LogP contribution in [-0.2, 0) is 11.2 Å². The van der Waals surface area contributed by atoms with E-state index in [1.54, 1.807) is 24.3 Å². The third-order valence-electron chi connectivity index (χ3n) is 4.79. The fraction of sp³-hybridized carbons (Fsp3) is 0.273. The fourth-order valence-corrected chi connectivity index (χ4v) is 3.53. The summed E-state index contributed by atoms with van der Waals surface area (Å²) >= 11 is 1.24. The summed E-state index contributed by atoms with van der Waals surface area (Å²) in [5, 5.41) is 13.4. The number of hydrogen-bond acceptors (Lipinski definition) is 5. The Morgan fingerprint density at radius 3 is 2.63 bits per heavy atom. The van der Waals surface area contributed by atoms with Crippen LogP contribution in [-0.4, -0.2) is 38.8 Å². The molecule has 1 heterocycles. The average Bonchev–Trinajstić information content (AvgIpc) is 3.45. The van der Waals surface area contributed by atoms with E-state index < -0.39 is 0 Å². The van der Waals surface area contributed by atoms with Crippen molar-refractivity contribution < 1.29 is 9.59 Å². The summed E-state index contributed by atoms with van der Waals surface area (Å²) in [5.41, 5.74) is 3.19. The van der Waals surface area contributed by atoms with Gasteiger partial charge in [-0.25, -0.2) is 4.98 Å². The molecular weight excluding hydrogens is 398 g/mol. The van der Waals surface area contributed by atoms with Gasteiger partial charge in [0.2, 0.25) is 11.1 Å². The molecular formula is C22H23N5O2S. The number of benzene rings is 2. The molecule has 1 saturated carbocycles. The zero-order chi connectivity index (χ0) is 20.9. The van der Waals surface area contributed by atoms with Crippen LogP contribution < -0.4 is 10.6 Å². The SMILES string of the molecule is CCc1ccc(-c2nc(SCC(=O)Nc3ccccc3C(=O)NC3CC3)n[nH]2)cc1. The molecule has 3 aromatic rings. The summed E-state index contributed by atoms with van der Waals surface area (Å²) in [7, 11) is 0. The molecule has 1 aliphatic carbocycles. The molecule has 0 bridgehead atoms. The monoisotopic (exact) mass is 421 g/mol. The topological polar surface area (TPSA) is 99.8 Å². The molecule has 8 heteroatoms. The lowest BCUT2D eigenvalue weighted by Gasteiger charge is -2.10. The van der Waals surface area contributed by atoms with E-state index in [2.05, 4.69) is 44.9 Å². The van der Waals surface area contributed by atoms with Crippen LogP contribution in [0.25, 0.3) is 11.4 Å². The lowest BCUT2D eigenvalue weighted by atomic mass is 10.1. The minimum atomic E-state index is -0.217. The number of nitrogens with one attached hydrogen (secondary N) is 3. The molecule has 7 nitrogen and oxygen atoms in total. The molecule has 0 atom stereocenters. The largest absolute Gasteiger partial charge is 0.349 e. The third-order valence-corrected chi connectivity index (χ3v) is 5.64. The Morgan fingerprint density at radius 2 is 1.90 bits per heavy atom. The van der Waals surface area contributed by atoms with Crippen molar-refractivity contribution >= 4 is 29.3 Å². The highest BCUT2D eigenvalue weighted by molar-refractivity contribution is 7.99. The predicted octanol–water partition coefficient (Wildman–Crippen LogP) is 3.66. The highest BCUT2D eigenvalue weighted by atomic mass is 32.2. The highest BCUT2D eigenvalue weighted by Gasteiger charge is 2.25. The smallest absolute Gasteiger partial charge is 0.253 e. The van der Waals surface area contributed by atoms with Crippen LogP contribution in [0.15, 0.2) is 53.7 Å². The number of H-pyrrole nitrogens is 1. The quantitative estimate of drug-likeness (QED) is 0.482. The molecule has 1 aromatic heterocycles. The number of para-hydroxylation sites is 1. The Hall–Kier alpha value is -3.13. The maximum atomic E-state index is 12.4. The minimum absolute atomic E-state index is 0.143. The van der Waals surface area contributed by atoms with Gasteiger partial charge >= 0.3 is 0 Å². The highest BCUT2D eigenvalue weighted by Crippen LogP contribution is 2.23. The summed E-state index contributed by atoms with van der Waals surface area (Å²) in [6.07, 6.45) is 3.01. The van der Waals surface area contributed by atoms with Gasteiger partial charge in [-0.05, 0) is 37.0 Å². The van der Waals surface area contributed by atoms with Gasteiger partial charge in [0.1, 0.15) is 0 Å². The number of hydrogen-bond donors (Lipinski definition) is 3. The van der Waals surface area contributed by atoms with E-state index in [9.17, 15) is 9.59 Å². The maximum absolute atomic E-state index is 12.4. The molecule has 1 aliphatic rings. The van der Waals surface area contributed by atoms with E-state index in [1.165, 1.54) is 17.3 Å². The number of rotatable bonds is 8. The second kappa shape index (κ2) is 9.13. The molecule has 2 aromatic carbocycles. The van der Waals surface area contributed by atoms with Crippen LogP contribution >= 0.6 is 11.8 Å². The summed E-state index contributed by atoms with van der Waals surface area (Å²) in [4.78, 5) is 29.2. The number of thioether (sulfide) groups is 1. The summed E-state index contributed by atoms with van der Waals surface area (Å²) in [6.45, 7) is 2.11. The van der Waals surface area contributed by atoms with Gasteiger partial charge in [-0.2, -0.15) is 0 Å². The van der Waals surface area contributed by atoms with Gasteiger partial charge in [0.25, 0.3) is 5.91 Å². The van der Waals surface area contributed by atoms with Crippen LogP contribution in [0.1, 0.15) is 35.7 Å². The number of aromatic nitrogens is 3. The molecule has 3 N–H and O–H groups in total. The summed E-state index contributed by atoms with van der Waals surface area (Å²) in [6, 6.07) is 15.4. The van der Waals surface area contributed by atoms with Crippen LogP contribution in [0.4, 0.5) is 5.69 Å². The van der Waals surface area contributed by atoms with Gasteiger partial charge < -0.3 is 10.6 Å². The van der Waals surface area contributed by atoms with Gasteiger partial charge in [-0.3, -0.25) is 14.7 Å². The predicted molar refractivity (Wildman–Crippen MR) is 117 cm³/mol. The van der Waals surface area contributed by atoms with Crippen molar-refractivity contribution in [3.63, 3.8) is 0 Å². The van der Waals surface area contributed by atoms with Gasteiger partial charge in [-0.1, -0.05) is 55.1 Å². The summed E-state index contributed by atoms with van der Waals surface area (Å²) in [5.74, 6) is 0.437. The number of carbonyl (C=O) groups is 2. The molecule has 0 unspecified atom stereocenters. The maximum Gasteiger partial charge on any atom is 0.253 e. The minimum Gasteiger partial charge on any atom is -0.349 e. The molecule has 1 fully saturated rings. The number of nitrogens with zero attached hydrogens (tertiary/aromatic N) is 2. The Morgan fingerprint density at radius 1 is 1.13 bits per heavy atom. The van der Waals surface area contributed by atoms with Crippen LogP contribution in [0.2, 0.25) is 0 Å². The Labute approximate surface area is 179 Å². The standard InChI is InChI=1S/C22H23N5O2S/c1-2-14-7-9-15(10-8-14)20-25-22(27-26-20)30-13-19(28)24-18-6-4-3-5-17(18)21(29)23-16-11-12-16/h3-10,16H,2,11-13H2,1H3,(H,23,29)(H,24,28)(H,25,26,27). The van der Waals surface area contributed by atoms with Crippen molar-refractivity contribution in [1.29, 1.82) is 0 Å². The second-order valence-corrected chi connectivity index (χ2v) is 8.09. The number of amides is 2. The zero-order valence-electron chi connectivity index (χ0n) is 16.6. The zero-order valence-corrected chi connectivity index (χ0v) is 17.5. The van der Waals surface area contributed by atoms with E-state index in [0.29, 0.717) is 22.2 Å². The van der Waals surface area contributed by atoms with Crippen molar-refractivity contribution in [2.24, 2.45) is 0 Å². The molecule has 4 rings (SSSR count). The van der Waals surface area contributed by atoms with Gasteiger partial charge in [0.05, 0.1) is 17.0 Å². The normalized spacial score (nSPS) is 13.1. The second-order valence-electron chi connectivity index (χ2n) is 7.15. The van der Waals surface area contributed by atoms with Crippen molar-refractivity contribution in [3.8, 4) is 11.4 Å². The Balaban J connectivity index is 1.34. The van der Waals surface area contributed by atoms with Gasteiger partial charge in [0.15, 0.2) is 5.82 Å². The molecule has 0 radical (unpaired) electrons. The molecule has 30 heavy (non-hydrogen) atoms. The fourth-order valence-electron chi connectivity index (χ4n) is 2.94. The van der Waals surface area contributed by atoms with Gasteiger partial charge in [-0.15, -0.1) is 5.10 Å². The first-order valence-electron chi connectivity index (χ1n) is 9.96. The first kappa shape index (κ1) is 20.2. The van der Waals surface area contributed by atoms with Gasteiger partial charge in [0, 0.05) is 11.6 Å². The van der Waals surface area contributed by atoms with E-state index in [4.69, 9.17) is 0 Å². The summed E-state index contributed by atoms with van der Waals surface area (Å²) < 4.78 is 0.